The number of imidazole rings is 1. The second-order valence-electron chi connectivity index (χ2n) is 9.22. The van der Waals surface area contributed by atoms with Crippen molar-refractivity contribution in [3.63, 3.8) is 0 Å². The lowest BCUT2D eigenvalue weighted by atomic mass is 10.1. The lowest BCUT2D eigenvalue weighted by Gasteiger charge is -2.26. The second kappa shape index (κ2) is 11.5. The molecule has 3 aromatic heterocycles. The zero-order chi connectivity index (χ0) is 26.5. The largest absolute Gasteiger partial charge is 0.383 e. The molecule has 0 unspecified atom stereocenters. The highest BCUT2D eigenvalue weighted by atomic mass is 16.5. The summed E-state index contributed by atoms with van der Waals surface area (Å²) in [4.78, 5) is 26.6. The zero-order valence-corrected chi connectivity index (χ0v) is 21.8. The molecule has 1 aromatic carbocycles. The molecule has 0 atom stereocenters. The van der Waals surface area contributed by atoms with Gasteiger partial charge in [0, 0.05) is 49.6 Å². The molecule has 1 aliphatic rings. The number of amides is 1. The molecule has 1 aliphatic heterocycles. The number of nitrogens with two attached hydrogens (primary N) is 1. The van der Waals surface area contributed by atoms with Crippen LogP contribution in [0.3, 0.4) is 0 Å². The molecule has 198 valence electrons. The Morgan fingerprint density at radius 3 is 2.76 bits per heavy atom. The third-order valence-corrected chi connectivity index (χ3v) is 6.68. The molecule has 5 rings (SSSR count). The van der Waals surface area contributed by atoms with E-state index in [1.165, 1.54) is 0 Å². The highest BCUT2D eigenvalue weighted by molar-refractivity contribution is 6.03. The van der Waals surface area contributed by atoms with Crippen LogP contribution in [0.5, 0.6) is 0 Å². The van der Waals surface area contributed by atoms with Gasteiger partial charge < -0.3 is 15.5 Å². The number of aromatic nitrogens is 5. The summed E-state index contributed by atoms with van der Waals surface area (Å²) in [6, 6.07) is 7.87. The SMILES string of the molecule is CCC(=O)N/N=C(\CC)c1ccc2[nH]c(-c3cc(-c4cnn(CCN5CCOCC5)c4)cnc3N)nc2c1. The topological polar surface area (TPSA) is 139 Å². The van der Waals surface area contributed by atoms with Crippen molar-refractivity contribution in [1.82, 2.24) is 35.1 Å². The van der Waals surface area contributed by atoms with Gasteiger partial charge in [-0.25, -0.2) is 15.4 Å². The van der Waals surface area contributed by atoms with Crippen molar-refractivity contribution in [2.45, 2.75) is 33.2 Å². The molecule has 1 saturated heterocycles. The molecule has 4 N–H and O–H groups in total. The quantitative estimate of drug-likeness (QED) is 0.230. The van der Waals surface area contributed by atoms with Gasteiger partial charge in [-0.15, -0.1) is 0 Å². The van der Waals surface area contributed by atoms with Gasteiger partial charge in [-0.1, -0.05) is 19.9 Å². The van der Waals surface area contributed by atoms with E-state index in [1.54, 1.807) is 13.1 Å². The Kier molecular flexibility index (Phi) is 7.75. The van der Waals surface area contributed by atoms with Crippen LogP contribution in [0.2, 0.25) is 0 Å². The normalized spacial score (nSPS) is 14.7. The minimum absolute atomic E-state index is 0.121. The number of nitrogens with one attached hydrogen (secondary N) is 2. The summed E-state index contributed by atoms with van der Waals surface area (Å²) in [6.45, 7) is 9.04. The van der Waals surface area contributed by atoms with Crippen molar-refractivity contribution in [3.8, 4) is 22.5 Å². The summed E-state index contributed by atoms with van der Waals surface area (Å²) in [5, 5.41) is 8.83. The average molecular weight is 516 g/mol. The number of anilines is 1. The monoisotopic (exact) mass is 515 g/mol. The molecular weight excluding hydrogens is 482 g/mol. The predicted octanol–water partition coefficient (Wildman–Crippen LogP) is 3.04. The summed E-state index contributed by atoms with van der Waals surface area (Å²) < 4.78 is 7.38. The van der Waals surface area contributed by atoms with E-state index in [4.69, 9.17) is 15.5 Å². The van der Waals surface area contributed by atoms with Gasteiger partial charge in [-0.05, 0) is 30.2 Å². The van der Waals surface area contributed by atoms with Crippen LogP contribution in [0.25, 0.3) is 33.5 Å². The maximum absolute atomic E-state index is 11.6. The number of aromatic amines is 1. The summed E-state index contributed by atoms with van der Waals surface area (Å²) >= 11 is 0. The number of pyridine rings is 1. The summed E-state index contributed by atoms with van der Waals surface area (Å²) in [5.74, 6) is 0.911. The number of hydrazone groups is 1. The van der Waals surface area contributed by atoms with Gasteiger partial charge in [-0.3, -0.25) is 14.4 Å². The lowest BCUT2D eigenvalue weighted by Crippen LogP contribution is -2.38. The number of carbonyl (C=O) groups is 1. The Hall–Kier alpha value is -4.09. The van der Waals surface area contributed by atoms with E-state index in [0.717, 1.165) is 78.4 Å². The molecule has 0 saturated carbocycles. The smallest absolute Gasteiger partial charge is 0.239 e. The van der Waals surface area contributed by atoms with Crippen LogP contribution in [0.15, 0.2) is 48.0 Å². The fourth-order valence-corrected chi connectivity index (χ4v) is 4.40. The van der Waals surface area contributed by atoms with Crippen LogP contribution in [-0.4, -0.2) is 74.1 Å². The fourth-order valence-electron chi connectivity index (χ4n) is 4.40. The number of hydrogen-bond acceptors (Lipinski definition) is 8. The fraction of sp³-hybridized carbons (Fsp3) is 0.370. The summed E-state index contributed by atoms with van der Waals surface area (Å²) in [5.41, 5.74) is 14.8. The molecule has 4 aromatic rings. The van der Waals surface area contributed by atoms with Gasteiger partial charge in [0.15, 0.2) is 0 Å². The highest BCUT2D eigenvalue weighted by Crippen LogP contribution is 2.29. The third-order valence-electron chi connectivity index (χ3n) is 6.68. The van der Waals surface area contributed by atoms with Crippen molar-refractivity contribution in [3.05, 3.63) is 48.4 Å². The van der Waals surface area contributed by atoms with Crippen molar-refractivity contribution >= 4 is 28.5 Å². The predicted molar refractivity (Wildman–Crippen MR) is 147 cm³/mol. The molecule has 11 heteroatoms. The number of rotatable bonds is 9. The molecule has 0 bridgehead atoms. The number of H-pyrrole nitrogens is 1. The Bertz CT molecular complexity index is 1450. The van der Waals surface area contributed by atoms with E-state index in [-0.39, 0.29) is 5.91 Å². The zero-order valence-electron chi connectivity index (χ0n) is 21.8. The van der Waals surface area contributed by atoms with Crippen LogP contribution in [0.1, 0.15) is 32.3 Å². The summed E-state index contributed by atoms with van der Waals surface area (Å²) in [7, 11) is 0. The molecule has 1 amide bonds. The average Bonchev–Trinajstić information content (AvgIpc) is 3.60. The van der Waals surface area contributed by atoms with Gasteiger partial charge in [-0.2, -0.15) is 10.2 Å². The number of benzene rings is 1. The number of morpholine rings is 1. The van der Waals surface area contributed by atoms with Crippen molar-refractivity contribution in [2.24, 2.45) is 5.10 Å². The van der Waals surface area contributed by atoms with Crippen LogP contribution < -0.4 is 11.2 Å². The maximum atomic E-state index is 11.6. The third kappa shape index (κ3) is 5.74. The molecular formula is C27H33N9O2. The first-order chi connectivity index (χ1) is 18.5. The highest BCUT2D eigenvalue weighted by Gasteiger charge is 2.15. The van der Waals surface area contributed by atoms with E-state index >= 15 is 0 Å². The van der Waals surface area contributed by atoms with Crippen molar-refractivity contribution in [1.29, 1.82) is 0 Å². The van der Waals surface area contributed by atoms with E-state index < -0.39 is 0 Å². The van der Waals surface area contributed by atoms with E-state index in [1.807, 2.05) is 48.3 Å². The van der Waals surface area contributed by atoms with E-state index in [0.29, 0.717) is 24.5 Å². The number of nitrogens with zero attached hydrogens (tertiary/aromatic N) is 6. The number of ether oxygens (including phenoxy) is 1. The van der Waals surface area contributed by atoms with Crippen molar-refractivity contribution < 1.29 is 9.53 Å². The molecule has 11 nitrogen and oxygen atoms in total. The minimum atomic E-state index is -0.121. The molecule has 1 fully saturated rings. The Morgan fingerprint density at radius 2 is 1.97 bits per heavy atom. The Morgan fingerprint density at radius 1 is 1.13 bits per heavy atom. The molecule has 4 heterocycles. The van der Waals surface area contributed by atoms with Crippen molar-refractivity contribution in [2.75, 3.05) is 38.6 Å². The van der Waals surface area contributed by atoms with Crippen LogP contribution in [-0.2, 0) is 16.1 Å². The van der Waals surface area contributed by atoms with Gasteiger partial charge in [0.2, 0.25) is 5.91 Å². The Balaban J connectivity index is 1.36. The van der Waals surface area contributed by atoms with Crippen LogP contribution in [0.4, 0.5) is 5.82 Å². The van der Waals surface area contributed by atoms with E-state index in [2.05, 4.69) is 30.5 Å². The number of fused-ring (bicyclic) bond motifs is 1. The molecule has 38 heavy (non-hydrogen) atoms. The van der Waals surface area contributed by atoms with Gasteiger partial charge in [0.25, 0.3) is 0 Å². The van der Waals surface area contributed by atoms with Gasteiger partial charge >= 0.3 is 0 Å². The van der Waals surface area contributed by atoms with Crippen LogP contribution in [0, 0.1) is 0 Å². The van der Waals surface area contributed by atoms with Crippen LogP contribution >= 0.6 is 0 Å². The molecule has 0 aliphatic carbocycles. The first-order valence-electron chi connectivity index (χ1n) is 13.0. The molecule has 0 radical (unpaired) electrons. The lowest BCUT2D eigenvalue weighted by molar-refractivity contribution is -0.120. The van der Waals surface area contributed by atoms with Gasteiger partial charge in [0.1, 0.15) is 11.6 Å². The minimum Gasteiger partial charge on any atom is -0.383 e. The Labute approximate surface area is 221 Å². The first-order valence-corrected chi connectivity index (χ1v) is 13.0. The number of nitrogen functional groups attached to an aromatic ring is 1. The maximum Gasteiger partial charge on any atom is 0.239 e. The number of carbonyl (C=O) groups excluding carboxylic acids is 1. The number of hydrogen-bond donors (Lipinski definition) is 3. The first kappa shape index (κ1) is 25.6. The molecule has 0 spiro atoms. The van der Waals surface area contributed by atoms with Gasteiger partial charge in [0.05, 0.1) is 48.3 Å². The summed E-state index contributed by atoms with van der Waals surface area (Å²) in [6.07, 6.45) is 6.70. The second-order valence-corrected chi connectivity index (χ2v) is 9.22. The standard InChI is InChI=1S/C27H33N9O2/c1-3-22(33-34-25(37)4-2)18-5-6-23-24(14-18)32-27(31-23)21-13-19(15-29-26(21)28)20-16-30-36(17-20)8-7-35-9-11-38-12-10-35/h5-6,13-17H,3-4,7-12H2,1-2H3,(H2,28,29)(H,31,32)(H,34,37)/b33-22+. The van der Waals surface area contributed by atoms with E-state index in [9.17, 15) is 4.79 Å².